The van der Waals surface area contributed by atoms with Crippen LogP contribution < -0.4 is 15.5 Å². The SMILES string of the molecule is CC(C)CC(=O)Nc1ccc(NC(=O)C2CCN(c3cccc(Br)c3)C2=O)cc1. The molecule has 2 aromatic rings. The van der Waals surface area contributed by atoms with Crippen molar-refractivity contribution < 1.29 is 14.4 Å². The van der Waals surface area contributed by atoms with Gasteiger partial charge in [0, 0.05) is 34.5 Å². The average molecular weight is 458 g/mol. The van der Waals surface area contributed by atoms with Gasteiger partial charge in [-0.15, -0.1) is 0 Å². The molecule has 7 heteroatoms. The summed E-state index contributed by atoms with van der Waals surface area (Å²) in [6.45, 7) is 4.48. The molecule has 1 aliphatic heterocycles. The third-order valence-corrected chi connectivity index (χ3v) is 5.16. The first-order valence-electron chi connectivity index (χ1n) is 9.61. The van der Waals surface area contributed by atoms with Crippen LogP contribution >= 0.6 is 15.9 Å². The average Bonchev–Trinajstić information content (AvgIpc) is 3.04. The lowest BCUT2D eigenvalue weighted by atomic mass is 10.1. The van der Waals surface area contributed by atoms with Gasteiger partial charge in [-0.05, 0) is 54.8 Å². The van der Waals surface area contributed by atoms with Crippen molar-refractivity contribution in [3.63, 3.8) is 0 Å². The fraction of sp³-hybridized carbons (Fsp3) is 0.318. The molecule has 29 heavy (non-hydrogen) atoms. The number of nitrogens with zero attached hydrogens (tertiary/aromatic N) is 1. The zero-order valence-electron chi connectivity index (χ0n) is 16.4. The lowest BCUT2D eigenvalue weighted by Crippen LogP contribution is -2.33. The minimum atomic E-state index is -0.709. The summed E-state index contributed by atoms with van der Waals surface area (Å²) < 4.78 is 0.885. The van der Waals surface area contributed by atoms with Gasteiger partial charge >= 0.3 is 0 Å². The fourth-order valence-corrected chi connectivity index (χ4v) is 3.66. The van der Waals surface area contributed by atoms with Crippen molar-refractivity contribution >= 4 is 50.7 Å². The van der Waals surface area contributed by atoms with Gasteiger partial charge in [0.1, 0.15) is 5.92 Å². The lowest BCUT2D eigenvalue weighted by Gasteiger charge is -2.17. The van der Waals surface area contributed by atoms with E-state index in [1.807, 2.05) is 38.1 Å². The Kier molecular flexibility index (Phi) is 6.69. The van der Waals surface area contributed by atoms with E-state index in [1.165, 1.54) is 0 Å². The largest absolute Gasteiger partial charge is 0.326 e. The van der Waals surface area contributed by atoms with E-state index in [4.69, 9.17) is 0 Å². The first-order chi connectivity index (χ1) is 13.8. The highest BCUT2D eigenvalue weighted by atomic mass is 79.9. The molecule has 6 nitrogen and oxygen atoms in total. The third-order valence-electron chi connectivity index (χ3n) is 4.67. The van der Waals surface area contributed by atoms with E-state index >= 15 is 0 Å². The number of hydrogen-bond donors (Lipinski definition) is 2. The Morgan fingerprint density at radius 1 is 1.10 bits per heavy atom. The number of anilines is 3. The van der Waals surface area contributed by atoms with Crippen molar-refractivity contribution in [3.05, 3.63) is 53.0 Å². The van der Waals surface area contributed by atoms with Crippen molar-refractivity contribution in [1.82, 2.24) is 0 Å². The number of benzene rings is 2. The summed E-state index contributed by atoms with van der Waals surface area (Å²) in [7, 11) is 0. The first kappa shape index (κ1) is 21.0. The Morgan fingerprint density at radius 2 is 1.76 bits per heavy atom. The van der Waals surface area contributed by atoms with E-state index in [9.17, 15) is 14.4 Å². The Morgan fingerprint density at radius 3 is 2.38 bits per heavy atom. The molecule has 1 saturated heterocycles. The summed E-state index contributed by atoms with van der Waals surface area (Å²) in [4.78, 5) is 38.8. The van der Waals surface area contributed by atoms with Gasteiger partial charge in [0.2, 0.25) is 17.7 Å². The summed E-state index contributed by atoms with van der Waals surface area (Å²) in [5.74, 6) is -0.975. The van der Waals surface area contributed by atoms with Crippen LogP contribution in [0.4, 0.5) is 17.1 Å². The number of amides is 3. The molecular weight excluding hydrogens is 434 g/mol. The number of hydrogen-bond acceptors (Lipinski definition) is 3. The highest BCUT2D eigenvalue weighted by Gasteiger charge is 2.37. The predicted molar refractivity (Wildman–Crippen MR) is 118 cm³/mol. The molecule has 0 aliphatic carbocycles. The summed E-state index contributed by atoms with van der Waals surface area (Å²) in [5, 5.41) is 5.63. The maximum Gasteiger partial charge on any atom is 0.239 e. The summed E-state index contributed by atoms with van der Waals surface area (Å²) >= 11 is 3.41. The highest BCUT2D eigenvalue weighted by Crippen LogP contribution is 2.28. The second-order valence-corrected chi connectivity index (χ2v) is 8.44. The van der Waals surface area contributed by atoms with Gasteiger partial charge < -0.3 is 15.5 Å². The van der Waals surface area contributed by atoms with Crippen molar-refractivity contribution in [3.8, 4) is 0 Å². The van der Waals surface area contributed by atoms with Crippen LogP contribution in [0.15, 0.2) is 53.0 Å². The molecule has 0 saturated carbocycles. The molecule has 1 heterocycles. The van der Waals surface area contributed by atoms with E-state index in [1.54, 1.807) is 29.2 Å². The van der Waals surface area contributed by atoms with Crippen molar-refractivity contribution in [2.45, 2.75) is 26.7 Å². The highest BCUT2D eigenvalue weighted by molar-refractivity contribution is 9.10. The van der Waals surface area contributed by atoms with Crippen LogP contribution in [-0.2, 0) is 14.4 Å². The van der Waals surface area contributed by atoms with Gasteiger partial charge in [-0.2, -0.15) is 0 Å². The molecule has 0 aromatic heterocycles. The van der Waals surface area contributed by atoms with E-state index in [2.05, 4.69) is 26.6 Å². The molecule has 1 fully saturated rings. The van der Waals surface area contributed by atoms with Crippen LogP contribution in [-0.4, -0.2) is 24.3 Å². The molecule has 1 aliphatic rings. The maximum atomic E-state index is 12.7. The Labute approximate surface area is 178 Å². The van der Waals surface area contributed by atoms with Gasteiger partial charge in [0.15, 0.2) is 0 Å². The van der Waals surface area contributed by atoms with Crippen LogP contribution in [0.5, 0.6) is 0 Å². The molecule has 0 spiro atoms. The van der Waals surface area contributed by atoms with Crippen LogP contribution in [0.25, 0.3) is 0 Å². The predicted octanol–water partition coefficient (Wildman–Crippen LogP) is 4.43. The topological polar surface area (TPSA) is 78.5 Å². The smallest absolute Gasteiger partial charge is 0.239 e. The molecule has 3 rings (SSSR count). The molecule has 2 aromatic carbocycles. The van der Waals surface area contributed by atoms with E-state index < -0.39 is 5.92 Å². The van der Waals surface area contributed by atoms with Crippen molar-refractivity contribution in [2.75, 3.05) is 22.1 Å². The molecule has 152 valence electrons. The summed E-state index contributed by atoms with van der Waals surface area (Å²) in [5.41, 5.74) is 2.04. The van der Waals surface area contributed by atoms with Gasteiger partial charge in [-0.25, -0.2) is 0 Å². The number of carbonyl (C=O) groups is 3. The second kappa shape index (κ2) is 9.22. The molecule has 1 atom stereocenters. The molecule has 3 amide bonds. The molecule has 1 unspecified atom stereocenters. The van der Waals surface area contributed by atoms with Crippen LogP contribution in [0, 0.1) is 11.8 Å². The minimum Gasteiger partial charge on any atom is -0.326 e. The Bertz CT molecular complexity index is 912. The van der Waals surface area contributed by atoms with Crippen LogP contribution in [0.2, 0.25) is 0 Å². The molecular formula is C22H24BrN3O3. The van der Waals surface area contributed by atoms with Crippen LogP contribution in [0.1, 0.15) is 26.7 Å². The van der Waals surface area contributed by atoms with Crippen molar-refractivity contribution in [2.24, 2.45) is 11.8 Å². The molecule has 2 N–H and O–H groups in total. The van der Waals surface area contributed by atoms with E-state index in [-0.39, 0.29) is 23.6 Å². The number of halogens is 1. The fourth-order valence-electron chi connectivity index (χ4n) is 3.27. The Balaban J connectivity index is 1.59. The summed E-state index contributed by atoms with van der Waals surface area (Å²) in [6, 6.07) is 14.4. The first-order valence-corrected chi connectivity index (χ1v) is 10.4. The summed E-state index contributed by atoms with van der Waals surface area (Å²) in [6.07, 6.45) is 0.928. The van der Waals surface area contributed by atoms with Gasteiger partial charge in [-0.1, -0.05) is 35.8 Å². The number of nitrogens with one attached hydrogen (secondary N) is 2. The third kappa shape index (κ3) is 5.44. The van der Waals surface area contributed by atoms with E-state index in [0.717, 1.165) is 10.2 Å². The standard InChI is InChI=1S/C22H24BrN3O3/c1-14(2)12-20(27)24-16-6-8-17(9-7-16)25-21(28)19-10-11-26(22(19)29)18-5-3-4-15(23)13-18/h3-9,13-14,19H,10-12H2,1-2H3,(H,24,27)(H,25,28). The normalized spacial score (nSPS) is 16.2. The zero-order valence-corrected chi connectivity index (χ0v) is 18.0. The van der Waals surface area contributed by atoms with Gasteiger partial charge in [0.25, 0.3) is 0 Å². The number of carbonyl (C=O) groups excluding carboxylic acids is 3. The second-order valence-electron chi connectivity index (χ2n) is 7.52. The van der Waals surface area contributed by atoms with Gasteiger partial charge in [0.05, 0.1) is 0 Å². The quantitative estimate of drug-likeness (QED) is 0.629. The number of rotatable bonds is 6. The van der Waals surface area contributed by atoms with Crippen molar-refractivity contribution in [1.29, 1.82) is 0 Å². The van der Waals surface area contributed by atoms with E-state index in [0.29, 0.717) is 30.8 Å². The lowest BCUT2D eigenvalue weighted by molar-refractivity contribution is -0.129. The van der Waals surface area contributed by atoms with Gasteiger partial charge in [-0.3, -0.25) is 14.4 Å². The zero-order chi connectivity index (χ0) is 21.0. The van der Waals surface area contributed by atoms with Crippen LogP contribution in [0.3, 0.4) is 0 Å². The monoisotopic (exact) mass is 457 g/mol. The molecule has 0 bridgehead atoms. The Hall–Kier alpha value is -2.67. The minimum absolute atomic E-state index is 0.0408. The molecule has 0 radical (unpaired) electrons. The maximum absolute atomic E-state index is 12.7.